The molecule has 0 radical (unpaired) electrons. The summed E-state index contributed by atoms with van der Waals surface area (Å²) >= 11 is 0. The summed E-state index contributed by atoms with van der Waals surface area (Å²) < 4.78 is 2.14. The number of aryl methyl sites for hydroxylation is 1. The number of aromatic amines is 1. The second kappa shape index (κ2) is 6.60. The lowest BCUT2D eigenvalue weighted by Crippen LogP contribution is -2.14. The van der Waals surface area contributed by atoms with Gasteiger partial charge in [-0.2, -0.15) is 4.98 Å². The van der Waals surface area contributed by atoms with Gasteiger partial charge in [0.2, 0.25) is 0 Å². The van der Waals surface area contributed by atoms with Gasteiger partial charge in [-0.15, -0.1) is 0 Å². The average Bonchev–Trinajstić information content (AvgIpc) is 2.91. The van der Waals surface area contributed by atoms with E-state index in [4.69, 9.17) is 0 Å². The highest BCUT2D eigenvalue weighted by atomic mass is 16.6. The molecule has 8 nitrogen and oxygen atoms in total. The topological polar surface area (TPSA) is 114 Å². The molecule has 0 unspecified atom stereocenters. The largest absolute Gasteiger partial charge is 0.488 e. The molecule has 2 aromatic heterocycles. The summed E-state index contributed by atoms with van der Waals surface area (Å²) in [6.45, 7) is 2.97. The molecule has 8 heteroatoms. The number of hydrogen-bond donors (Lipinski definition) is 2. The van der Waals surface area contributed by atoms with Crippen LogP contribution in [-0.4, -0.2) is 24.6 Å². The summed E-state index contributed by atoms with van der Waals surface area (Å²) in [7, 11) is 0. The Morgan fingerprint density at radius 2 is 2.12 bits per heavy atom. The predicted molar refractivity (Wildman–Crippen MR) is 94.3 cm³/mol. The third-order valence-electron chi connectivity index (χ3n) is 3.78. The molecule has 0 saturated carbocycles. The molecule has 2 N–H and O–H groups in total. The molecule has 0 aliphatic heterocycles. The molecule has 0 aliphatic rings. The summed E-state index contributed by atoms with van der Waals surface area (Å²) in [6, 6.07) is 7.92. The number of fused-ring (bicyclic) bond motifs is 1. The Bertz CT molecular complexity index is 1030. The van der Waals surface area contributed by atoms with E-state index in [-0.39, 0.29) is 5.82 Å². The number of H-pyrrole nitrogens is 1. The third-order valence-corrected chi connectivity index (χ3v) is 3.78. The number of nitrogens with one attached hydrogen (secondary N) is 1. The van der Waals surface area contributed by atoms with E-state index in [0.717, 1.165) is 29.4 Å². The minimum absolute atomic E-state index is 0.0421. The van der Waals surface area contributed by atoms with Gasteiger partial charge in [0.1, 0.15) is 5.82 Å². The number of hydrogen-bond acceptors (Lipinski definition) is 5. The molecule has 2 heterocycles. The number of rotatable bonds is 5. The van der Waals surface area contributed by atoms with E-state index in [2.05, 4.69) is 21.5 Å². The van der Waals surface area contributed by atoms with Crippen molar-refractivity contribution in [3.8, 4) is 5.88 Å². The van der Waals surface area contributed by atoms with Crippen LogP contribution in [0.1, 0.15) is 24.7 Å². The molecule has 128 valence electrons. The fraction of sp³-hybridized carbons (Fsp3) is 0.176. The number of nitrogens with zero attached hydrogens (tertiary/aromatic N) is 3. The van der Waals surface area contributed by atoms with Crippen LogP contribution in [0.3, 0.4) is 0 Å². The van der Waals surface area contributed by atoms with Crippen molar-refractivity contribution in [1.29, 1.82) is 0 Å². The molecule has 0 amide bonds. The highest BCUT2D eigenvalue weighted by molar-refractivity contribution is 5.91. The van der Waals surface area contributed by atoms with E-state index in [1.807, 2.05) is 30.5 Å². The van der Waals surface area contributed by atoms with Crippen LogP contribution < -0.4 is 5.56 Å². The second-order valence-electron chi connectivity index (χ2n) is 5.51. The molecular weight excluding hydrogens is 324 g/mol. The average molecular weight is 340 g/mol. The number of aromatic nitrogens is 3. The first-order chi connectivity index (χ1) is 12.0. The van der Waals surface area contributed by atoms with Gasteiger partial charge in [-0.1, -0.05) is 25.1 Å². The van der Waals surface area contributed by atoms with Crippen LogP contribution in [0.2, 0.25) is 0 Å². The SMILES string of the molecule is CCCn1cc(/C=C/c2nc(O)c([N+](=O)[O-])c(=O)[nH]2)c2ccccc21. The maximum atomic E-state index is 11.7. The molecule has 3 rings (SSSR count). The van der Waals surface area contributed by atoms with Crippen LogP contribution in [0.5, 0.6) is 5.88 Å². The van der Waals surface area contributed by atoms with Crippen LogP contribution >= 0.6 is 0 Å². The van der Waals surface area contributed by atoms with Gasteiger partial charge in [0.25, 0.3) is 5.88 Å². The lowest BCUT2D eigenvalue weighted by molar-refractivity contribution is -0.387. The van der Waals surface area contributed by atoms with Crippen molar-refractivity contribution >= 4 is 28.7 Å². The molecule has 1 aromatic carbocycles. The molecule has 25 heavy (non-hydrogen) atoms. The van der Waals surface area contributed by atoms with E-state index in [9.17, 15) is 20.0 Å². The maximum Gasteiger partial charge on any atom is 0.395 e. The van der Waals surface area contributed by atoms with E-state index < -0.39 is 22.0 Å². The summed E-state index contributed by atoms with van der Waals surface area (Å²) in [4.78, 5) is 27.4. The Morgan fingerprint density at radius 1 is 1.36 bits per heavy atom. The van der Waals surface area contributed by atoms with Gasteiger partial charge in [-0.05, 0) is 24.6 Å². The molecule has 3 aromatic rings. The molecule has 0 atom stereocenters. The number of nitro groups is 1. The van der Waals surface area contributed by atoms with E-state index in [1.54, 1.807) is 6.08 Å². The normalized spacial score (nSPS) is 11.4. The first-order valence-corrected chi connectivity index (χ1v) is 7.75. The van der Waals surface area contributed by atoms with Crippen molar-refractivity contribution in [2.75, 3.05) is 0 Å². The van der Waals surface area contributed by atoms with Crippen molar-refractivity contribution in [3.63, 3.8) is 0 Å². The van der Waals surface area contributed by atoms with Gasteiger partial charge < -0.3 is 14.7 Å². The molecule has 0 spiro atoms. The van der Waals surface area contributed by atoms with E-state index in [1.165, 1.54) is 6.08 Å². The Hall–Kier alpha value is -3.42. The Balaban J connectivity index is 2.02. The highest BCUT2D eigenvalue weighted by Crippen LogP contribution is 2.24. The zero-order valence-electron chi connectivity index (χ0n) is 13.5. The highest BCUT2D eigenvalue weighted by Gasteiger charge is 2.21. The summed E-state index contributed by atoms with van der Waals surface area (Å²) in [5, 5.41) is 21.3. The minimum Gasteiger partial charge on any atom is -0.488 e. The zero-order valence-corrected chi connectivity index (χ0v) is 13.5. The van der Waals surface area contributed by atoms with Crippen LogP contribution in [-0.2, 0) is 6.54 Å². The lowest BCUT2D eigenvalue weighted by atomic mass is 10.1. The number of aromatic hydroxyl groups is 1. The van der Waals surface area contributed by atoms with Gasteiger partial charge >= 0.3 is 11.2 Å². The first kappa shape index (κ1) is 16.4. The lowest BCUT2D eigenvalue weighted by Gasteiger charge is -2.01. The fourth-order valence-electron chi connectivity index (χ4n) is 2.72. The van der Waals surface area contributed by atoms with Gasteiger partial charge in [-0.25, -0.2) is 0 Å². The standard InChI is InChI=1S/C17H16N4O4/c1-2-9-20-10-11(12-5-3-4-6-13(12)20)7-8-14-18-16(22)15(21(24)25)17(23)19-14/h3-8,10H,2,9H2,1H3,(H2,18,19,22,23)/b8-7+. The first-order valence-electron chi connectivity index (χ1n) is 7.75. The van der Waals surface area contributed by atoms with Crippen molar-refractivity contribution in [1.82, 2.24) is 14.5 Å². The van der Waals surface area contributed by atoms with Crippen molar-refractivity contribution < 1.29 is 10.0 Å². The second-order valence-corrected chi connectivity index (χ2v) is 5.51. The van der Waals surface area contributed by atoms with Crippen LogP contribution in [0.15, 0.2) is 35.3 Å². The Labute approximate surface area is 142 Å². The van der Waals surface area contributed by atoms with E-state index >= 15 is 0 Å². The Kier molecular flexibility index (Phi) is 4.34. The molecule has 0 bridgehead atoms. The number of benzene rings is 1. The fourth-order valence-corrected chi connectivity index (χ4v) is 2.72. The molecule has 0 aliphatic carbocycles. The summed E-state index contributed by atoms with van der Waals surface area (Å²) in [5.41, 5.74) is 0.0591. The predicted octanol–water partition coefficient (Wildman–Crippen LogP) is 2.92. The molecule has 0 saturated heterocycles. The smallest absolute Gasteiger partial charge is 0.395 e. The van der Waals surface area contributed by atoms with Gasteiger partial charge in [0, 0.05) is 29.2 Å². The van der Waals surface area contributed by atoms with Crippen molar-refractivity contribution in [3.05, 3.63) is 62.3 Å². The molecular formula is C17H16N4O4. The van der Waals surface area contributed by atoms with Crippen molar-refractivity contribution in [2.24, 2.45) is 0 Å². The van der Waals surface area contributed by atoms with Gasteiger partial charge in [0.15, 0.2) is 0 Å². The summed E-state index contributed by atoms with van der Waals surface area (Å²) in [6.07, 6.45) is 6.24. The van der Waals surface area contributed by atoms with Crippen molar-refractivity contribution in [2.45, 2.75) is 19.9 Å². The van der Waals surface area contributed by atoms with Gasteiger partial charge in [-0.3, -0.25) is 14.9 Å². The zero-order chi connectivity index (χ0) is 18.0. The van der Waals surface area contributed by atoms with E-state index in [0.29, 0.717) is 0 Å². The minimum atomic E-state index is -0.995. The molecule has 0 fully saturated rings. The Morgan fingerprint density at radius 3 is 2.80 bits per heavy atom. The number of para-hydroxylation sites is 1. The monoisotopic (exact) mass is 340 g/mol. The van der Waals surface area contributed by atoms with Crippen LogP contribution in [0, 0.1) is 10.1 Å². The maximum absolute atomic E-state index is 11.7. The van der Waals surface area contributed by atoms with Crippen LogP contribution in [0.4, 0.5) is 5.69 Å². The third kappa shape index (κ3) is 3.14. The van der Waals surface area contributed by atoms with Crippen LogP contribution in [0.25, 0.3) is 23.1 Å². The summed E-state index contributed by atoms with van der Waals surface area (Å²) in [5.74, 6) is -0.859. The van der Waals surface area contributed by atoms with Gasteiger partial charge in [0.05, 0.1) is 4.92 Å². The quantitative estimate of drug-likeness (QED) is 0.547.